The summed E-state index contributed by atoms with van der Waals surface area (Å²) >= 11 is 1.30. The molecule has 0 bridgehead atoms. The van der Waals surface area contributed by atoms with Gasteiger partial charge in [0.15, 0.2) is 0 Å². The largest absolute Gasteiger partial charge is 0.295 e. The van der Waals surface area contributed by atoms with Crippen molar-refractivity contribution in [1.82, 2.24) is 0 Å². The summed E-state index contributed by atoms with van der Waals surface area (Å²) in [6.07, 6.45) is 0. The molecule has 88 valence electrons. The first-order valence-corrected chi connectivity index (χ1v) is 7.12. The molecule has 0 aliphatic rings. The molecule has 17 heavy (non-hydrogen) atoms. The fourth-order valence-electron chi connectivity index (χ4n) is 1.36. The third-order valence-electron chi connectivity index (χ3n) is 2.10. The maximum absolute atomic E-state index is 11.2. The SMILES string of the molecule is O=S(=O)(O)c1ccccc1Sc1ccccc1. The Balaban J connectivity index is 2.41. The van der Waals surface area contributed by atoms with Crippen molar-refractivity contribution in [3.05, 3.63) is 54.6 Å². The molecular weight excluding hydrogens is 256 g/mol. The normalized spacial score (nSPS) is 11.4. The first kappa shape index (κ1) is 12.2. The zero-order valence-electron chi connectivity index (χ0n) is 8.78. The minimum atomic E-state index is -4.17. The summed E-state index contributed by atoms with van der Waals surface area (Å²) in [5.74, 6) is 0. The summed E-state index contributed by atoms with van der Waals surface area (Å²) in [6.45, 7) is 0. The van der Waals surface area contributed by atoms with Crippen molar-refractivity contribution in [2.24, 2.45) is 0 Å². The van der Waals surface area contributed by atoms with Crippen molar-refractivity contribution in [3.63, 3.8) is 0 Å². The lowest BCUT2D eigenvalue weighted by Crippen LogP contribution is -1.99. The molecule has 2 aromatic carbocycles. The van der Waals surface area contributed by atoms with Gasteiger partial charge in [-0.3, -0.25) is 4.55 Å². The molecule has 3 nitrogen and oxygen atoms in total. The Hall–Kier alpha value is -1.30. The molecule has 1 N–H and O–H groups in total. The van der Waals surface area contributed by atoms with E-state index >= 15 is 0 Å². The summed E-state index contributed by atoms with van der Waals surface area (Å²) < 4.78 is 31.5. The highest BCUT2D eigenvalue weighted by Gasteiger charge is 2.15. The standard InChI is InChI=1S/C12H10O3S2/c13-17(14,15)12-9-5-4-8-11(12)16-10-6-2-1-3-7-10/h1-9H,(H,13,14,15). The van der Waals surface area contributed by atoms with E-state index in [9.17, 15) is 8.42 Å². The van der Waals surface area contributed by atoms with E-state index in [1.54, 1.807) is 18.2 Å². The summed E-state index contributed by atoms with van der Waals surface area (Å²) in [6, 6.07) is 15.8. The van der Waals surface area contributed by atoms with Crippen LogP contribution in [0.2, 0.25) is 0 Å². The van der Waals surface area contributed by atoms with Crippen LogP contribution in [-0.2, 0) is 10.1 Å². The van der Waals surface area contributed by atoms with Crippen LogP contribution in [0.25, 0.3) is 0 Å². The van der Waals surface area contributed by atoms with Crippen LogP contribution in [0.15, 0.2) is 69.3 Å². The van der Waals surface area contributed by atoms with Gasteiger partial charge in [0.25, 0.3) is 10.1 Å². The van der Waals surface area contributed by atoms with Crippen LogP contribution in [0.1, 0.15) is 0 Å². The summed E-state index contributed by atoms with van der Waals surface area (Å²) in [4.78, 5) is 1.37. The maximum Gasteiger partial charge on any atom is 0.295 e. The third kappa shape index (κ3) is 3.09. The third-order valence-corrected chi connectivity index (χ3v) is 4.22. The lowest BCUT2D eigenvalue weighted by molar-refractivity contribution is 0.481. The fraction of sp³-hybridized carbons (Fsp3) is 0. The Bertz CT molecular complexity index is 607. The second kappa shape index (κ2) is 4.91. The summed E-state index contributed by atoms with van der Waals surface area (Å²) in [5.41, 5.74) is 0. The van der Waals surface area contributed by atoms with E-state index in [1.165, 1.54) is 17.8 Å². The van der Waals surface area contributed by atoms with Crippen LogP contribution >= 0.6 is 11.8 Å². The molecule has 0 amide bonds. The van der Waals surface area contributed by atoms with E-state index in [-0.39, 0.29) is 4.90 Å². The van der Waals surface area contributed by atoms with Crippen molar-refractivity contribution in [3.8, 4) is 0 Å². The first-order valence-electron chi connectivity index (χ1n) is 4.87. The molecule has 0 aliphatic heterocycles. The molecule has 5 heteroatoms. The predicted molar refractivity (Wildman–Crippen MR) is 66.8 cm³/mol. The van der Waals surface area contributed by atoms with Crippen molar-refractivity contribution >= 4 is 21.9 Å². The lowest BCUT2D eigenvalue weighted by Gasteiger charge is -2.05. The van der Waals surface area contributed by atoms with Crippen LogP contribution in [0.3, 0.4) is 0 Å². The maximum atomic E-state index is 11.2. The lowest BCUT2D eigenvalue weighted by atomic mass is 10.4. The molecule has 2 rings (SSSR count). The Morgan fingerprint density at radius 2 is 1.47 bits per heavy atom. The first-order chi connectivity index (χ1) is 8.07. The average Bonchev–Trinajstić information content (AvgIpc) is 2.30. The van der Waals surface area contributed by atoms with E-state index in [0.717, 1.165) is 4.90 Å². The second-order valence-corrected chi connectivity index (χ2v) is 5.84. The number of rotatable bonds is 3. The Morgan fingerprint density at radius 3 is 2.12 bits per heavy atom. The molecule has 0 fully saturated rings. The number of hydrogen-bond acceptors (Lipinski definition) is 3. The van der Waals surface area contributed by atoms with E-state index in [4.69, 9.17) is 4.55 Å². The molecule has 0 aromatic heterocycles. The zero-order chi connectivity index (χ0) is 12.3. The smallest absolute Gasteiger partial charge is 0.282 e. The van der Waals surface area contributed by atoms with Gasteiger partial charge in [-0.15, -0.1) is 0 Å². The van der Waals surface area contributed by atoms with Gasteiger partial charge in [-0.1, -0.05) is 42.1 Å². The fourth-order valence-corrected chi connectivity index (χ4v) is 3.24. The van der Waals surface area contributed by atoms with Crippen LogP contribution in [0.5, 0.6) is 0 Å². The van der Waals surface area contributed by atoms with Crippen LogP contribution < -0.4 is 0 Å². The quantitative estimate of drug-likeness (QED) is 0.867. The van der Waals surface area contributed by atoms with Gasteiger partial charge in [0.1, 0.15) is 4.90 Å². The molecule has 0 saturated carbocycles. The minimum absolute atomic E-state index is 0.0612. The van der Waals surface area contributed by atoms with Gasteiger partial charge in [-0.05, 0) is 24.3 Å². The van der Waals surface area contributed by atoms with E-state index in [0.29, 0.717) is 4.90 Å². The molecule has 0 saturated heterocycles. The molecule has 0 radical (unpaired) electrons. The van der Waals surface area contributed by atoms with Crippen molar-refractivity contribution in [2.75, 3.05) is 0 Å². The molecule has 2 aromatic rings. The monoisotopic (exact) mass is 266 g/mol. The molecule has 0 heterocycles. The average molecular weight is 266 g/mol. The van der Waals surface area contributed by atoms with Gasteiger partial charge in [-0.2, -0.15) is 8.42 Å². The molecule has 0 spiro atoms. The second-order valence-electron chi connectivity index (χ2n) is 3.34. The van der Waals surface area contributed by atoms with Gasteiger partial charge in [-0.25, -0.2) is 0 Å². The van der Waals surface area contributed by atoms with E-state index in [1.807, 2.05) is 30.3 Å². The number of benzene rings is 2. The zero-order valence-corrected chi connectivity index (χ0v) is 10.4. The van der Waals surface area contributed by atoms with Crippen LogP contribution in [0, 0.1) is 0 Å². The Morgan fingerprint density at radius 1 is 0.882 bits per heavy atom. The minimum Gasteiger partial charge on any atom is -0.282 e. The Labute approximate surface area is 104 Å². The van der Waals surface area contributed by atoms with E-state index < -0.39 is 10.1 Å². The highest BCUT2D eigenvalue weighted by atomic mass is 32.2. The highest BCUT2D eigenvalue weighted by Crippen LogP contribution is 2.32. The topological polar surface area (TPSA) is 54.4 Å². The van der Waals surface area contributed by atoms with Gasteiger partial charge in [0, 0.05) is 9.79 Å². The van der Waals surface area contributed by atoms with Gasteiger partial charge in [0.05, 0.1) is 0 Å². The molecule has 0 atom stereocenters. The van der Waals surface area contributed by atoms with Crippen LogP contribution in [0.4, 0.5) is 0 Å². The highest BCUT2D eigenvalue weighted by molar-refractivity contribution is 8.00. The summed E-state index contributed by atoms with van der Waals surface area (Å²) in [7, 11) is -4.17. The van der Waals surface area contributed by atoms with Crippen molar-refractivity contribution in [2.45, 2.75) is 14.7 Å². The van der Waals surface area contributed by atoms with E-state index in [2.05, 4.69) is 0 Å². The summed E-state index contributed by atoms with van der Waals surface area (Å²) in [5, 5.41) is 0. The predicted octanol–water partition coefficient (Wildman–Crippen LogP) is 3.08. The van der Waals surface area contributed by atoms with Gasteiger partial charge < -0.3 is 0 Å². The molecule has 0 unspecified atom stereocenters. The van der Waals surface area contributed by atoms with Gasteiger partial charge >= 0.3 is 0 Å². The number of hydrogen-bond donors (Lipinski definition) is 1. The van der Waals surface area contributed by atoms with Crippen LogP contribution in [-0.4, -0.2) is 13.0 Å². The van der Waals surface area contributed by atoms with Gasteiger partial charge in [0.2, 0.25) is 0 Å². The van der Waals surface area contributed by atoms with Crippen molar-refractivity contribution in [1.29, 1.82) is 0 Å². The molecule has 0 aliphatic carbocycles. The van der Waals surface area contributed by atoms with Crippen molar-refractivity contribution < 1.29 is 13.0 Å². The Kier molecular flexibility index (Phi) is 3.51. The molecular formula is C12H10O3S2.